The summed E-state index contributed by atoms with van der Waals surface area (Å²) in [6.45, 7) is 5.95. The third-order valence-electron chi connectivity index (χ3n) is 4.60. The molecule has 1 aromatic rings. The van der Waals surface area contributed by atoms with Crippen molar-refractivity contribution in [2.24, 2.45) is 12.9 Å². The number of nitrogens with two attached hydrogens (primary N) is 1. The van der Waals surface area contributed by atoms with Crippen LogP contribution in [-0.2, 0) is 13.5 Å². The quantitative estimate of drug-likeness (QED) is 0.538. The summed E-state index contributed by atoms with van der Waals surface area (Å²) in [7, 11) is 2.05. The topological polar surface area (TPSA) is 62.4 Å². The number of aryl methyl sites for hydroxylation is 2. The highest BCUT2D eigenvalue weighted by Crippen LogP contribution is 2.20. The lowest BCUT2D eigenvalue weighted by Gasteiger charge is -2.50. The Labute approximate surface area is 114 Å². The molecule has 0 saturated carbocycles. The van der Waals surface area contributed by atoms with Crippen LogP contribution in [0.25, 0.3) is 0 Å². The van der Waals surface area contributed by atoms with Gasteiger partial charge in [-0.15, -0.1) is 0 Å². The van der Waals surface area contributed by atoms with Gasteiger partial charge in [0.15, 0.2) is 0 Å². The Kier molecular flexibility index (Phi) is 3.83. The van der Waals surface area contributed by atoms with Crippen molar-refractivity contribution in [3.63, 3.8) is 0 Å². The summed E-state index contributed by atoms with van der Waals surface area (Å²) < 4.78 is 2.09. The molecule has 3 N–H and O–H groups in total. The Morgan fingerprint density at radius 3 is 2.74 bits per heavy atom. The van der Waals surface area contributed by atoms with Crippen molar-refractivity contribution in [1.29, 1.82) is 0 Å². The zero-order valence-electron chi connectivity index (χ0n) is 11.6. The molecule has 0 radical (unpaired) electrons. The summed E-state index contributed by atoms with van der Waals surface area (Å²) in [5, 5.41) is 0. The molecule has 3 saturated heterocycles. The van der Waals surface area contributed by atoms with Gasteiger partial charge >= 0.3 is 0 Å². The van der Waals surface area contributed by atoms with Crippen LogP contribution in [0.15, 0.2) is 12.4 Å². The zero-order chi connectivity index (χ0) is 13.2. The van der Waals surface area contributed by atoms with Crippen LogP contribution < -0.4 is 11.3 Å². The van der Waals surface area contributed by atoms with E-state index in [0.29, 0.717) is 12.1 Å². The van der Waals surface area contributed by atoms with E-state index in [4.69, 9.17) is 5.84 Å². The van der Waals surface area contributed by atoms with E-state index < -0.39 is 0 Å². The van der Waals surface area contributed by atoms with E-state index in [0.717, 1.165) is 25.2 Å². The van der Waals surface area contributed by atoms with E-state index in [1.807, 2.05) is 19.4 Å². The van der Waals surface area contributed by atoms with Crippen molar-refractivity contribution in [2.45, 2.75) is 24.9 Å². The molecular weight excluding hydrogens is 240 g/mol. The molecule has 1 aromatic heterocycles. The fourth-order valence-corrected chi connectivity index (χ4v) is 3.35. The van der Waals surface area contributed by atoms with Crippen LogP contribution in [-0.4, -0.2) is 64.2 Å². The molecule has 4 rings (SSSR count). The third-order valence-corrected chi connectivity index (χ3v) is 4.60. The second-order valence-corrected chi connectivity index (χ2v) is 5.67. The highest BCUT2D eigenvalue weighted by molar-refractivity contribution is 4.97. The number of hydrazine groups is 1. The van der Waals surface area contributed by atoms with Gasteiger partial charge in [-0.05, 0) is 6.42 Å². The van der Waals surface area contributed by atoms with E-state index in [1.165, 1.54) is 26.2 Å². The normalized spacial score (nSPS) is 31.6. The molecule has 3 aliphatic rings. The number of imidazole rings is 1. The zero-order valence-corrected chi connectivity index (χ0v) is 11.6. The van der Waals surface area contributed by atoms with Crippen LogP contribution in [0.3, 0.4) is 0 Å². The van der Waals surface area contributed by atoms with E-state index >= 15 is 0 Å². The Morgan fingerprint density at radius 1 is 1.42 bits per heavy atom. The largest absolute Gasteiger partial charge is 0.338 e. The van der Waals surface area contributed by atoms with Gasteiger partial charge in [0.05, 0.1) is 0 Å². The van der Waals surface area contributed by atoms with Gasteiger partial charge in [-0.1, -0.05) is 0 Å². The average Bonchev–Trinajstić information content (AvgIpc) is 2.86. The Morgan fingerprint density at radius 2 is 2.21 bits per heavy atom. The first kappa shape index (κ1) is 13.1. The van der Waals surface area contributed by atoms with Gasteiger partial charge in [-0.25, -0.2) is 4.98 Å². The second kappa shape index (κ2) is 5.58. The first-order valence-corrected chi connectivity index (χ1v) is 7.16. The molecule has 106 valence electrons. The first-order valence-electron chi connectivity index (χ1n) is 7.16. The van der Waals surface area contributed by atoms with Crippen molar-refractivity contribution >= 4 is 0 Å². The number of nitrogens with zero attached hydrogens (tertiary/aromatic N) is 4. The van der Waals surface area contributed by atoms with Gasteiger partial charge in [0.25, 0.3) is 0 Å². The summed E-state index contributed by atoms with van der Waals surface area (Å²) >= 11 is 0. The minimum atomic E-state index is 0.347. The van der Waals surface area contributed by atoms with Crippen LogP contribution in [0, 0.1) is 0 Å². The van der Waals surface area contributed by atoms with Crippen molar-refractivity contribution in [3.05, 3.63) is 18.2 Å². The van der Waals surface area contributed by atoms with E-state index in [1.54, 1.807) is 0 Å². The lowest BCUT2D eigenvalue weighted by molar-refractivity contribution is -0.00451. The number of piperazine rings is 3. The molecule has 0 aromatic carbocycles. The summed E-state index contributed by atoms with van der Waals surface area (Å²) in [5.74, 6) is 6.93. The molecule has 0 amide bonds. The number of nitrogens with one attached hydrogen (secondary N) is 1. The van der Waals surface area contributed by atoms with Crippen molar-refractivity contribution < 1.29 is 0 Å². The maximum atomic E-state index is 5.79. The molecule has 2 unspecified atom stereocenters. The summed E-state index contributed by atoms with van der Waals surface area (Å²) in [6, 6.07) is 0.896. The smallest absolute Gasteiger partial charge is 0.108 e. The molecule has 2 atom stereocenters. The fourth-order valence-electron chi connectivity index (χ4n) is 3.35. The van der Waals surface area contributed by atoms with Crippen LogP contribution >= 0.6 is 0 Å². The molecule has 4 heterocycles. The monoisotopic (exact) mass is 264 g/mol. The van der Waals surface area contributed by atoms with Crippen LogP contribution in [0.4, 0.5) is 0 Å². The number of aromatic nitrogens is 2. The van der Waals surface area contributed by atoms with Crippen molar-refractivity contribution in [2.75, 3.05) is 32.7 Å². The maximum absolute atomic E-state index is 5.79. The van der Waals surface area contributed by atoms with Crippen LogP contribution in [0.1, 0.15) is 12.2 Å². The lowest BCUT2D eigenvalue weighted by atomic mass is 9.97. The number of fused-ring (bicyclic) bond motifs is 3. The van der Waals surface area contributed by atoms with Gasteiger partial charge in [0.1, 0.15) is 5.82 Å². The number of hydrogen-bond donors (Lipinski definition) is 2. The Hall–Kier alpha value is -0.950. The van der Waals surface area contributed by atoms with Gasteiger partial charge < -0.3 is 4.57 Å². The van der Waals surface area contributed by atoms with E-state index in [2.05, 4.69) is 24.8 Å². The molecule has 6 nitrogen and oxygen atoms in total. The third kappa shape index (κ3) is 2.67. The number of hydrogen-bond acceptors (Lipinski definition) is 5. The fraction of sp³-hybridized carbons (Fsp3) is 0.769. The van der Waals surface area contributed by atoms with Gasteiger partial charge in [-0.2, -0.15) is 0 Å². The molecule has 0 spiro atoms. The van der Waals surface area contributed by atoms with Crippen molar-refractivity contribution in [3.8, 4) is 0 Å². The molecule has 19 heavy (non-hydrogen) atoms. The standard InChI is InChI=1S/C13H24N6/c1-17-5-4-15-13(17)3-2-11(16-14)12-10-18-6-8-19(12)9-7-18/h4-5,11-12,16H,2-3,6-10,14H2,1H3. The van der Waals surface area contributed by atoms with Crippen molar-refractivity contribution in [1.82, 2.24) is 24.8 Å². The summed E-state index contributed by atoms with van der Waals surface area (Å²) in [4.78, 5) is 9.52. The first-order chi connectivity index (χ1) is 9.28. The Bertz CT molecular complexity index is 409. The highest BCUT2D eigenvalue weighted by atomic mass is 15.4. The Balaban J connectivity index is 1.60. The molecule has 6 heteroatoms. The van der Waals surface area contributed by atoms with Gasteiger partial charge in [0, 0.05) is 70.7 Å². The average molecular weight is 264 g/mol. The predicted octanol–water partition coefficient (Wildman–Crippen LogP) is -0.816. The summed E-state index contributed by atoms with van der Waals surface area (Å²) in [6.07, 6.45) is 5.87. The molecular formula is C13H24N6. The summed E-state index contributed by atoms with van der Waals surface area (Å²) in [5.41, 5.74) is 3.03. The number of rotatable bonds is 5. The minimum Gasteiger partial charge on any atom is -0.338 e. The molecule has 3 fully saturated rings. The minimum absolute atomic E-state index is 0.347. The molecule has 3 aliphatic heterocycles. The SMILES string of the molecule is Cn1ccnc1CCC(NN)C1CN2CCN1CC2. The maximum Gasteiger partial charge on any atom is 0.108 e. The highest BCUT2D eigenvalue weighted by Gasteiger charge is 2.36. The molecule has 0 aliphatic carbocycles. The van der Waals surface area contributed by atoms with Gasteiger partial charge in [0.2, 0.25) is 0 Å². The van der Waals surface area contributed by atoms with Crippen LogP contribution in [0.2, 0.25) is 0 Å². The lowest BCUT2D eigenvalue weighted by Crippen LogP contribution is -2.67. The second-order valence-electron chi connectivity index (χ2n) is 5.67. The molecule has 2 bridgehead atoms. The van der Waals surface area contributed by atoms with E-state index in [-0.39, 0.29) is 0 Å². The predicted molar refractivity (Wildman–Crippen MR) is 74.4 cm³/mol. The van der Waals surface area contributed by atoms with Crippen LogP contribution in [0.5, 0.6) is 0 Å². The van der Waals surface area contributed by atoms with E-state index in [9.17, 15) is 0 Å². The van der Waals surface area contributed by atoms with Gasteiger partial charge in [-0.3, -0.25) is 21.1 Å².